The lowest BCUT2D eigenvalue weighted by molar-refractivity contribution is -0.155. The molecule has 2 rings (SSSR count). The molecular weight excluding hydrogens is 308 g/mol. The van der Waals surface area contributed by atoms with Crippen LogP contribution < -0.4 is 0 Å². The Morgan fingerprint density at radius 3 is 2.59 bits per heavy atom. The van der Waals surface area contributed by atoms with Crippen LogP contribution in [0, 0.1) is 0 Å². The Labute approximate surface area is 133 Å². The van der Waals surface area contributed by atoms with Crippen molar-refractivity contribution in [1.82, 2.24) is 9.55 Å². The summed E-state index contributed by atoms with van der Waals surface area (Å²) in [5.41, 5.74) is 0.0354. The van der Waals surface area contributed by atoms with Crippen LogP contribution in [0.4, 0.5) is 0 Å². The lowest BCUT2D eigenvalue weighted by atomic mass is 10.2. The first-order chi connectivity index (χ1) is 10.2. The number of rotatable bonds is 3. The Morgan fingerprint density at radius 2 is 2.00 bits per heavy atom. The summed E-state index contributed by atoms with van der Waals surface area (Å²) in [5, 5.41) is 0.959. The highest BCUT2D eigenvalue weighted by Crippen LogP contribution is 2.22. The van der Waals surface area contributed by atoms with Gasteiger partial charge in [-0.15, -0.1) is 0 Å². The Hall–Kier alpha value is -2.08. The Morgan fingerprint density at radius 1 is 1.32 bits per heavy atom. The molecule has 7 heteroatoms. The van der Waals surface area contributed by atoms with Gasteiger partial charge in [0.2, 0.25) is 0 Å². The molecule has 0 N–H and O–H groups in total. The molecule has 0 aromatic carbocycles. The van der Waals surface area contributed by atoms with Crippen molar-refractivity contribution in [2.45, 2.75) is 32.9 Å². The average Bonchev–Trinajstić information content (AvgIpc) is 2.74. The predicted octanol–water partition coefficient (Wildman–Crippen LogP) is 2.82. The molecule has 0 aliphatic heterocycles. The highest BCUT2D eigenvalue weighted by molar-refractivity contribution is 6.29. The maximum absolute atomic E-state index is 12.1. The molecule has 22 heavy (non-hydrogen) atoms. The van der Waals surface area contributed by atoms with Gasteiger partial charge in [-0.25, -0.2) is 9.78 Å². The third-order valence-electron chi connectivity index (χ3n) is 2.81. The third-order valence-corrected chi connectivity index (χ3v) is 3.02. The maximum atomic E-state index is 12.1. The Balaban J connectivity index is 2.47. The first-order valence-electron chi connectivity index (χ1n) is 6.67. The van der Waals surface area contributed by atoms with Gasteiger partial charge in [0.15, 0.2) is 0 Å². The van der Waals surface area contributed by atoms with E-state index in [0.717, 1.165) is 0 Å². The highest BCUT2D eigenvalue weighted by Gasteiger charge is 2.22. The lowest BCUT2D eigenvalue weighted by Gasteiger charge is -2.20. The van der Waals surface area contributed by atoms with E-state index in [1.807, 2.05) is 0 Å². The fraction of sp³-hybridized carbons (Fsp3) is 0.400. The van der Waals surface area contributed by atoms with Gasteiger partial charge >= 0.3 is 11.9 Å². The number of esters is 2. The summed E-state index contributed by atoms with van der Waals surface area (Å²) in [4.78, 5) is 28.1. The van der Waals surface area contributed by atoms with Crippen molar-refractivity contribution in [3.63, 3.8) is 0 Å². The highest BCUT2D eigenvalue weighted by atomic mass is 35.5. The van der Waals surface area contributed by atoms with E-state index < -0.39 is 17.5 Å². The molecule has 0 fully saturated rings. The maximum Gasteiger partial charge on any atom is 0.354 e. The number of nitrogens with zero attached hydrogens (tertiary/aromatic N) is 2. The van der Waals surface area contributed by atoms with E-state index in [1.165, 1.54) is 11.7 Å². The minimum absolute atomic E-state index is 0.154. The number of pyridine rings is 1. The number of hydrogen-bond acceptors (Lipinski definition) is 5. The minimum atomic E-state index is -0.615. The van der Waals surface area contributed by atoms with Crippen LogP contribution in [-0.4, -0.2) is 34.2 Å². The van der Waals surface area contributed by atoms with Gasteiger partial charge in [-0.1, -0.05) is 11.6 Å². The molecule has 2 heterocycles. The first-order valence-corrected chi connectivity index (χ1v) is 7.05. The molecule has 0 saturated heterocycles. The second-order valence-corrected chi connectivity index (χ2v) is 6.13. The molecule has 0 saturated carbocycles. The second-order valence-electron chi connectivity index (χ2n) is 5.74. The molecular formula is C15H17ClN2O4. The molecule has 0 atom stereocenters. The number of fused-ring (bicyclic) bond motifs is 1. The average molecular weight is 325 g/mol. The topological polar surface area (TPSA) is 70.4 Å². The zero-order chi connectivity index (χ0) is 16.5. The van der Waals surface area contributed by atoms with Crippen LogP contribution in [0.5, 0.6) is 0 Å². The third kappa shape index (κ3) is 3.57. The fourth-order valence-corrected chi connectivity index (χ4v) is 2.18. The molecule has 0 radical (unpaired) electrons. The molecule has 0 amide bonds. The Kier molecular flexibility index (Phi) is 4.42. The normalized spacial score (nSPS) is 11.5. The molecule has 0 spiro atoms. The van der Waals surface area contributed by atoms with Gasteiger partial charge in [0.25, 0.3) is 0 Å². The Bertz CT molecular complexity index is 731. The summed E-state index contributed by atoms with van der Waals surface area (Å²) in [6, 6.07) is 4.94. The predicted molar refractivity (Wildman–Crippen MR) is 81.9 cm³/mol. The van der Waals surface area contributed by atoms with Crippen LogP contribution in [0.1, 0.15) is 31.3 Å². The largest absolute Gasteiger partial charge is 0.464 e. The van der Waals surface area contributed by atoms with E-state index in [2.05, 4.69) is 4.98 Å². The smallest absolute Gasteiger partial charge is 0.354 e. The van der Waals surface area contributed by atoms with E-state index in [9.17, 15) is 9.59 Å². The summed E-state index contributed by atoms with van der Waals surface area (Å²) in [6.45, 7) is 5.16. The number of halogens is 1. The van der Waals surface area contributed by atoms with Gasteiger partial charge in [-0.05, 0) is 39.0 Å². The number of carbonyl (C=O) groups is 2. The van der Waals surface area contributed by atoms with Crippen LogP contribution in [0.2, 0.25) is 5.15 Å². The lowest BCUT2D eigenvalue weighted by Crippen LogP contribution is -2.27. The van der Waals surface area contributed by atoms with Crippen molar-refractivity contribution >= 4 is 34.6 Å². The van der Waals surface area contributed by atoms with Gasteiger partial charge in [0.1, 0.15) is 28.6 Å². The van der Waals surface area contributed by atoms with Crippen molar-refractivity contribution in [3.8, 4) is 0 Å². The second kappa shape index (κ2) is 5.96. The zero-order valence-corrected chi connectivity index (χ0v) is 13.6. The first kappa shape index (κ1) is 16.3. The summed E-state index contributed by atoms with van der Waals surface area (Å²) in [5.74, 6) is -1.03. The molecule has 0 unspecified atom stereocenters. The standard InChI is InChI=1S/C15H17ClN2O4/c1-15(2,3)22-12(19)8-18-10(14(20)21-4)7-9-5-6-11(16)17-13(9)18/h5-7H,8H2,1-4H3. The van der Waals surface area contributed by atoms with E-state index >= 15 is 0 Å². The molecule has 2 aromatic rings. The van der Waals surface area contributed by atoms with Crippen LogP contribution in [0.25, 0.3) is 11.0 Å². The summed E-state index contributed by atoms with van der Waals surface area (Å²) in [6.07, 6.45) is 0. The van der Waals surface area contributed by atoms with Crippen molar-refractivity contribution in [2.24, 2.45) is 0 Å². The SMILES string of the molecule is COC(=O)c1cc2ccc(Cl)nc2n1CC(=O)OC(C)(C)C. The number of carbonyl (C=O) groups excluding carboxylic acids is 2. The van der Waals surface area contributed by atoms with Crippen molar-refractivity contribution < 1.29 is 19.1 Å². The molecule has 6 nitrogen and oxygen atoms in total. The molecule has 118 valence electrons. The number of hydrogen-bond donors (Lipinski definition) is 0. The van der Waals surface area contributed by atoms with Crippen LogP contribution in [0.15, 0.2) is 18.2 Å². The van der Waals surface area contributed by atoms with Gasteiger partial charge in [0, 0.05) is 5.39 Å². The van der Waals surface area contributed by atoms with E-state index in [1.54, 1.807) is 39.0 Å². The van der Waals surface area contributed by atoms with E-state index in [0.29, 0.717) is 11.0 Å². The van der Waals surface area contributed by atoms with Crippen molar-refractivity contribution in [3.05, 3.63) is 29.0 Å². The van der Waals surface area contributed by atoms with Gasteiger partial charge < -0.3 is 14.0 Å². The monoisotopic (exact) mass is 324 g/mol. The quantitative estimate of drug-likeness (QED) is 0.641. The number of ether oxygens (including phenoxy) is 2. The summed E-state index contributed by atoms with van der Waals surface area (Å²) >= 11 is 5.90. The minimum Gasteiger partial charge on any atom is -0.464 e. The van der Waals surface area contributed by atoms with Gasteiger partial charge in [-0.2, -0.15) is 0 Å². The molecule has 0 aliphatic carbocycles. The van der Waals surface area contributed by atoms with Crippen molar-refractivity contribution in [1.29, 1.82) is 0 Å². The molecule has 0 bridgehead atoms. The van der Waals surface area contributed by atoms with Gasteiger partial charge in [-0.3, -0.25) is 4.79 Å². The molecule has 2 aromatic heterocycles. The van der Waals surface area contributed by atoms with Crippen LogP contribution in [0.3, 0.4) is 0 Å². The van der Waals surface area contributed by atoms with Crippen LogP contribution in [-0.2, 0) is 20.8 Å². The summed E-state index contributed by atoms with van der Waals surface area (Å²) < 4.78 is 11.5. The van der Waals surface area contributed by atoms with Gasteiger partial charge in [0.05, 0.1) is 7.11 Å². The van der Waals surface area contributed by atoms with E-state index in [4.69, 9.17) is 21.1 Å². The van der Waals surface area contributed by atoms with Crippen molar-refractivity contribution in [2.75, 3.05) is 7.11 Å². The van der Waals surface area contributed by atoms with Crippen LogP contribution >= 0.6 is 11.6 Å². The number of aromatic nitrogens is 2. The number of methoxy groups -OCH3 is 1. The van der Waals surface area contributed by atoms with E-state index in [-0.39, 0.29) is 17.4 Å². The zero-order valence-electron chi connectivity index (χ0n) is 12.8. The molecule has 0 aliphatic rings. The summed E-state index contributed by atoms with van der Waals surface area (Å²) in [7, 11) is 1.28. The fourth-order valence-electron chi connectivity index (χ4n) is 2.04.